The van der Waals surface area contributed by atoms with Crippen LogP contribution in [0.3, 0.4) is 0 Å². The highest BCUT2D eigenvalue weighted by Gasteiger charge is 2.32. The standard InChI is InChI=1S/C20H39FO4/c1-3-5-6-7-8-9-10-11-12-13-14-15-16-17(21)18(22)19(23)20(24)25-4-2/h17-19,22-23H,3-16H2,1-2H3/t17-,18+,19-/m1/s1. The Morgan fingerprint density at radius 1 is 0.840 bits per heavy atom. The maximum absolute atomic E-state index is 13.8. The van der Waals surface area contributed by atoms with Crippen LogP contribution in [-0.2, 0) is 9.53 Å². The van der Waals surface area contributed by atoms with E-state index in [0.717, 1.165) is 12.8 Å². The number of aliphatic hydroxyl groups is 2. The first-order valence-corrected chi connectivity index (χ1v) is 10.2. The lowest BCUT2D eigenvalue weighted by molar-refractivity contribution is -0.162. The molecule has 0 aliphatic carbocycles. The van der Waals surface area contributed by atoms with Gasteiger partial charge in [0.2, 0.25) is 0 Å². The Hall–Kier alpha value is -0.680. The Balaban J connectivity index is 3.50. The lowest BCUT2D eigenvalue weighted by atomic mass is 10.0. The number of esters is 1. The predicted octanol–water partition coefficient (Wildman–Crippen LogP) is 4.70. The maximum atomic E-state index is 13.8. The Bertz CT molecular complexity index is 312. The molecule has 0 radical (unpaired) electrons. The molecule has 0 aromatic carbocycles. The van der Waals surface area contributed by atoms with Crippen molar-refractivity contribution < 1.29 is 24.1 Å². The fraction of sp³-hybridized carbons (Fsp3) is 0.950. The van der Waals surface area contributed by atoms with Crippen LogP contribution in [0, 0.1) is 0 Å². The zero-order valence-corrected chi connectivity index (χ0v) is 16.2. The molecule has 2 N–H and O–H groups in total. The highest BCUT2D eigenvalue weighted by atomic mass is 19.1. The van der Waals surface area contributed by atoms with E-state index in [1.165, 1.54) is 57.8 Å². The van der Waals surface area contributed by atoms with Crippen LogP contribution < -0.4 is 0 Å². The van der Waals surface area contributed by atoms with Crippen LogP contribution in [-0.4, -0.2) is 41.2 Å². The first-order valence-electron chi connectivity index (χ1n) is 10.2. The summed E-state index contributed by atoms with van der Waals surface area (Å²) in [4.78, 5) is 11.3. The third kappa shape index (κ3) is 13.2. The van der Waals surface area contributed by atoms with E-state index in [-0.39, 0.29) is 13.0 Å². The monoisotopic (exact) mass is 362 g/mol. The van der Waals surface area contributed by atoms with Gasteiger partial charge >= 0.3 is 5.97 Å². The third-order valence-corrected chi connectivity index (χ3v) is 4.56. The smallest absolute Gasteiger partial charge is 0.337 e. The first-order chi connectivity index (χ1) is 12.0. The molecule has 5 heteroatoms. The van der Waals surface area contributed by atoms with Gasteiger partial charge in [-0.25, -0.2) is 9.18 Å². The van der Waals surface area contributed by atoms with Crippen molar-refractivity contribution >= 4 is 5.97 Å². The zero-order valence-electron chi connectivity index (χ0n) is 16.2. The van der Waals surface area contributed by atoms with Gasteiger partial charge in [0, 0.05) is 0 Å². The van der Waals surface area contributed by atoms with Gasteiger partial charge in [-0.15, -0.1) is 0 Å². The molecule has 0 saturated heterocycles. The number of alkyl halides is 1. The number of unbranched alkanes of at least 4 members (excludes halogenated alkanes) is 11. The maximum Gasteiger partial charge on any atom is 0.337 e. The van der Waals surface area contributed by atoms with Gasteiger partial charge in [-0.1, -0.05) is 84.0 Å². The van der Waals surface area contributed by atoms with Crippen molar-refractivity contribution in [3.63, 3.8) is 0 Å². The van der Waals surface area contributed by atoms with Crippen LogP contribution in [0.4, 0.5) is 4.39 Å². The van der Waals surface area contributed by atoms with Gasteiger partial charge in [0.25, 0.3) is 0 Å². The summed E-state index contributed by atoms with van der Waals surface area (Å²) in [6, 6.07) is 0. The molecule has 25 heavy (non-hydrogen) atoms. The van der Waals surface area contributed by atoms with Crippen molar-refractivity contribution in [3.05, 3.63) is 0 Å². The van der Waals surface area contributed by atoms with Crippen LogP contribution in [0.2, 0.25) is 0 Å². The van der Waals surface area contributed by atoms with E-state index < -0.39 is 24.3 Å². The average Bonchev–Trinajstić information content (AvgIpc) is 2.61. The molecule has 150 valence electrons. The molecule has 0 amide bonds. The Kier molecular flexibility index (Phi) is 16.3. The van der Waals surface area contributed by atoms with E-state index in [4.69, 9.17) is 0 Å². The molecule has 0 bridgehead atoms. The van der Waals surface area contributed by atoms with Gasteiger partial charge in [0.15, 0.2) is 6.10 Å². The van der Waals surface area contributed by atoms with Crippen LogP contribution >= 0.6 is 0 Å². The van der Waals surface area contributed by atoms with Crippen molar-refractivity contribution in [2.45, 2.75) is 116 Å². The summed E-state index contributed by atoms with van der Waals surface area (Å²) in [5, 5.41) is 19.1. The SMILES string of the molecule is CCCCCCCCCCCCCC[C@@H](F)[C@H](O)[C@@H](O)C(=O)OCC. The summed E-state index contributed by atoms with van der Waals surface area (Å²) in [5.74, 6) is -0.965. The summed E-state index contributed by atoms with van der Waals surface area (Å²) in [5.41, 5.74) is 0. The number of carbonyl (C=O) groups excluding carboxylic acids is 1. The fourth-order valence-electron chi connectivity index (χ4n) is 2.92. The second kappa shape index (κ2) is 16.8. The fourth-order valence-corrected chi connectivity index (χ4v) is 2.92. The number of ether oxygens (including phenoxy) is 1. The molecule has 0 heterocycles. The van der Waals surface area contributed by atoms with Crippen molar-refractivity contribution in [2.24, 2.45) is 0 Å². The minimum absolute atomic E-state index is 0.0955. The van der Waals surface area contributed by atoms with E-state index in [9.17, 15) is 19.4 Å². The molecule has 3 atom stereocenters. The first kappa shape index (κ1) is 24.3. The molecule has 0 spiro atoms. The molecule has 0 rings (SSSR count). The molecular weight excluding hydrogens is 323 g/mol. The number of hydrogen-bond acceptors (Lipinski definition) is 4. The van der Waals surface area contributed by atoms with Gasteiger partial charge < -0.3 is 14.9 Å². The molecule has 0 unspecified atom stereocenters. The molecule has 0 saturated carbocycles. The highest BCUT2D eigenvalue weighted by Crippen LogP contribution is 2.16. The minimum Gasteiger partial charge on any atom is -0.464 e. The second-order valence-electron chi connectivity index (χ2n) is 6.88. The topological polar surface area (TPSA) is 66.8 Å². The van der Waals surface area contributed by atoms with E-state index >= 15 is 0 Å². The number of halogens is 1. The van der Waals surface area contributed by atoms with Gasteiger partial charge in [-0.2, -0.15) is 0 Å². The van der Waals surface area contributed by atoms with E-state index in [2.05, 4.69) is 11.7 Å². The molecule has 4 nitrogen and oxygen atoms in total. The van der Waals surface area contributed by atoms with Crippen molar-refractivity contribution in [2.75, 3.05) is 6.61 Å². The highest BCUT2D eigenvalue weighted by molar-refractivity contribution is 5.75. The largest absolute Gasteiger partial charge is 0.464 e. The molecule has 0 aliphatic heterocycles. The molecular formula is C20H39FO4. The van der Waals surface area contributed by atoms with Gasteiger partial charge in [0.05, 0.1) is 6.61 Å². The number of rotatable bonds is 17. The quantitative estimate of drug-likeness (QED) is 0.291. The van der Waals surface area contributed by atoms with Crippen LogP contribution in [0.5, 0.6) is 0 Å². The summed E-state index contributed by atoms with van der Waals surface area (Å²) < 4.78 is 18.4. The molecule has 0 aromatic rings. The lowest BCUT2D eigenvalue weighted by Gasteiger charge is -2.19. The second-order valence-corrected chi connectivity index (χ2v) is 6.88. The summed E-state index contributed by atoms with van der Waals surface area (Å²) in [6.45, 7) is 3.92. The van der Waals surface area contributed by atoms with Crippen molar-refractivity contribution in [1.82, 2.24) is 0 Å². The van der Waals surface area contributed by atoms with E-state index in [0.29, 0.717) is 6.42 Å². The molecule has 0 fully saturated rings. The molecule has 0 aromatic heterocycles. The number of aliphatic hydroxyl groups excluding tert-OH is 2. The van der Waals surface area contributed by atoms with Crippen molar-refractivity contribution in [3.8, 4) is 0 Å². The normalized spacial score (nSPS) is 14.9. The lowest BCUT2D eigenvalue weighted by Crippen LogP contribution is -2.41. The Labute approximate surface area is 153 Å². The van der Waals surface area contributed by atoms with Gasteiger partial charge in [-0.3, -0.25) is 0 Å². The number of carbonyl (C=O) groups is 1. The van der Waals surface area contributed by atoms with Gasteiger partial charge in [0.1, 0.15) is 12.3 Å². The van der Waals surface area contributed by atoms with Crippen LogP contribution in [0.25, 0.3) is 0 Å². The summed E-state index contributed by atoms with van der Waals surface area (Å²) >= 11 is 0. The summed E-state index contributed by atoms with van der Waals surface area (Å²) in [6.07, 6.45) is 9.39. The third-order valence-electron chi connectivity index (χ3n) is 4.56. The van der Waals surface area contributed by atoms with E-state index in [1.807, 2.05) is 0 Å². The van der Waals surface area contributed by atoms with E-state index in [1.54, 1.807) is 6.92 Å². The average molecular weight is 363 g/mol. The molecule has 0 aliphatic rings. The van der Waals surface area contributed by atoms with Crippen molar-refractivity contribution in [1.29, 1.82) is 0 Å². The summed E-state index contributed by atoms with van der Waals surface area (Å²) in [7, 11) is 0. The zero-order chi connectivity index (χ0) is 18.9. The Morgan fingerprint density at radius 2 is 1.28 bits per heavy atom. The van der Waals surface area contributed by atoms with Crippen LogP contribution in [0.1, 0.15) is 97.3 Å². The predicted molar refractivity (Wildman–Crippen MR) is 99.2 cm³/mol. The minimum atomic E-state index is -1.80. The van der Waals surface area contributed by atoms with Gasteiger partial charge in [-0.05, 0) is 13.3 Å². The Morgan fingerprint density at radius 3 is 1.72 bits per heavy atom. The van der Waals surface area contributed by atoms with Crippen LogP contribution in [0.15, 0.2) is 0 Å². The number of hydrogen-bond donors (Lipinski definition) is 2.